The Kier molecular flexibility index (Phi) is 4.88. The fourth-order valence-electron chi connectivity index (χ4n) is 2.89. The summed E-state index contributed by atoms with van der Waals surface area (Å²) in [5.74, 6) is 0.763. The van der Waals surface area contributed by atoms with Crippen molar-refractivity contribution in [2.75, 3.05) is 5.43 Å². The molecule has 0 aliphatic heterocycles. The van der Waals surface area contributed by atoms with Crippen LogP contribution in [0.4, 0.5) is 5.95 Å². The second-order valence-electron chi connectivity index (χ2n) is 5.71. The molecule has 1 saturated carbocycles. The zero-order chi connectivity index (χ0) is 16.1. The molecule has 0 bridgehead atoms. The summed E-state index contributed by atoms with van der Waals surface area (Å²) in [6.45, 7) is 0. The van der Waals surface area contributed by atoms with Crippen LogP contribution in [0.25, 0.3) is 0 Å². The minimum atomic E-state index is -3.65. The predicted molar refractivity (Wildman–Crippen MR) is 88.2 cm³/mol. The molecule has 3 rings (SSSR count). The van der Waals surface area contributed by atoms with Gasteiger partial charge in [-0.25, -0.2) is 18.4 Å². The fourth-order valence-corrected chi connectivity index (χ4v) is 3.73. The van der Waals surface area contributed by atoms with Crippen LogP contribution in [0.3, 0.4) is 0 Å². The number of rotatable bonds is 5. The highest BCUT2D eigenvalue weighted by atomic mass is 32.2. The van der Waals surface area contributed by atoms with Gasteiger partial charge in [0.25, 0.3) is 10.0 Å². The lowest BCUT2D eigenvalue weighted by molar-refractivity contribution is 0.443. The first kappa shape index (κ1) is 15.9. The molecule has 1 aliphatic carbocycles. The van der Waals surface area contributed by atoms with Gasteiger partial charge in [0.2, 0.25) is 5.95 Å². The van der Waals surface area contributed by atoms with Crippen LogP contribution in [0.1, 0.15) is 43.6 Å². The maximum Gasteiger partial charge on any atom is 0.257 e. The molecule has 0 unspecified atom stereocenters. The average Bonchev–Trinajstić information content (AvgIpc) is 2.62. The van der Waals surface area contributed by atoms with E-state index in [9.17, 15) is 8.42 Å². The van der Waals surface area contributed by atoms with Crippen LogP contribution in [-0.4, -0.2) is 18.4 Å². The minimum Gasteiger partial charge on any atom is -0.276 e. The summed E-state index contributed by atoms with van der Waals surface area (Å²) in [6.07, 6.45) is 9.26. The van der Waals surface area contributed by atoms with Gasteiger partial charge in [0.05, 0.1) is 4.90 Å². The van der Waals surface area contributed by atoms with E-state index in [0.717, 1.165) is 0 Å². The molecule has 1 aliphatic rings. The zero-order valence-electron chi connectivity index (χ0n) is 12.8. The highest BCUT2D eigenvalue weighted by molar-refractivity contribution is 7.89. The molecule has 7 heteroatoms. The molecule has 1 fully saturated rings. The third-order valence-corrected chi connectivity index (χ3v) is 5.39. The predicted octanol–water partition coefficient (Wildman–Crippen LogP) is 2.83. The normalized spacial score (nSPS) is 16.2. The standard InChI is InChI=1S/C16H20N4O2S/c21-23(22,20-19-16-17-11-4-12-18-16)15-9-7-14(8-10-15)13-5-2-1-3-6-13/h4,7-13,20H,1-3,5-6H2,(H,17,18,19). The number of hydrogen-bond acceptors (Lipinski definition) is 5. The van der Waals surface area contributed by atoms with E-state index in [0.29, 0.717) is 5.92 Å². The van der Waals surface area contributed by atoms with Crippen molar-refractivity contribution in [1.82, 2.24) is 14.8 Å². The first-order valence-corrected chi connectivity index (χ1v) is 9.28. The first-order chi connectivity index (χ1) is 11.1. The van der Waals surface area contributed by atoms with E-state index >= 15 is 0 Å². The molecule has 0 amide bonds. The van der Waals surface area contributed by atoms with E-state index in [1.165, 1.54) is 50.1 Å². The van der Waals surface area contributed by atoms with E-state index < -0.39 is 10.0 Å². The topological polar surface area (TPSA) is 84.0 Å². The number of nitrogens with one attached hydrogen (secondary N) is 2. The lowest BCUT2D eigenvalue weighted by Gasteiger charge is -2.22. The quantitative estimate of drug-likeness (QED) is 0.823. The Morgan fingerprint density at radius 2 is 1.61 bits per heavy atom. The van der Waals surface area contributed by atoms with Gasteiger partial charge in [-0.05, 0) is 42.5 Å². The van der Waals surface area contributed by atoms with Crippen LogP contribution < -0.4 is 10.3 Å². The second kappa shape index (κ2) is 7.06. The number of aromatic nitrogens is 2. The van der Waals surface area contributed by atoms with Crippen LogP contribution >= 0.6 is 0 Å². The Bertz CT molecular complexity index is 726. The Labute approximate surface area is 136 Å². The summed E-state index contributed by atoms with van der Waals surface area (Å²) >= 11 is 0. The summed E-state index contributed by atoms with van der Waals surface area (Å²) in [5.41, 5.74) is 3.73. The van der Waals surface area contributed by atoms with E-state index in [2.05, 4.69) is 20.2 Å². The number of nitrogens with zero attached hydrogens (tertiary/aromatic N) is 2. The van der Waals surface area contributed by atoms with E-state index in [1.807, 2.05) is 12.1 Å². The van der Waals surface area contributed by atoms with Crippen molar-refractivity contribution in [3.63, 3.8) is 0 Å². The van der Waals surface area contributed by atoms with Crippen LogP contribution in [-0.2, 0) is 10.0 Å². The Balaban J connectivity index is 1.67. The van der Waals surface area contributed by atoms with E-state index in [4.69, 9.17) is 0 Å². The van der Waals surface area contributed by atoms with Crippen molar-refractivity contribution in [1.29, 1.82) is 0 Å². The summed E-state index contributed by atoms with van der Waals surface area (Å²) in [6, 6.07) is 8.80. The van der Waals surface area contributed by atoms with Crippen LogP contribution in [0.15, 0.2) is 47.6 Å². The van der Waals surface area contributed by atoms with Gasteiger partial charge in [-0.3, -0.25) is 5.43 Å². The molecule has 0 spiro atoms. The van der Waals surface area contributed by atoms with Crippen LogP contribution in [0, 0.1) is 0 Å². The average molecular weight is 332 g/mol. The molecule has 1 aromatic heterocycles. The van der Waals surface area contributed by atoms with E-state index in [-0.39, 0.29) is 10.8 Å². The van der Waals surface area contributed by atoms with E-state index in [1.54, 1.807) is 18.2 Å². The molecule has 23 heavy (non-hydrogen) atoms. The van der Waals surface area contributed by atoms with Gasteiger partial charge in [-0.2, -0.15) is 0 Å². The van der Waals surface area contributed by atoms with Crippen molar-refractivity contribution >= 4 is 16.0 Å². The lowest BCUT2D eigenvalue weighted by Crippen LogP contribution is -2.30. The third-order valence-electron chi connectivity index (χ3n) is 4.13. The molecule has 0 atom stereocenters. The fraction of sp³-hybridized carbons (Fsp3) is 0.375. The van der Waals surface area contributed by atoms with Crippen LogP contribution in [0.2, 0.25) is 0 Å². The number of hydrogen-bond donors (Lipinski definition) is 2. The van der Waals surface area contributed by atoms with Crippen molar-refractivity contribution in [2.45, 2.75) is 42.9 Å². The summed E-state index contributed by atoms with van der Waals surface area (Å²) in [7, 11) is -3.65. The number of sulfonamides is 1. The molecule has 2 aromatic rings. The maximum absolute atomic E-state index is 12.3. The van der Waals surface area contributed by atoms with Gasteiger partial charge in [0.15, 0.2) is 0 Å². The molecule has 0 saturated heterocycles. The molecule has 1 aromatic carbocycles. The van der Waals surface area contributed by atoms with Gasteiger partial charge in [-0.1, -0.05) is 31.4 Å². The van der Waals surface area contributed by atoms with Gasteiger partial charge in [0, 0.05) is 12.4 Å². The smallest absolute Gasteiger partial charge is 0.257 e. The highest BCUT2D eigenvalue weighted by Crippen LogP contribution is 2.32. The molecular weight excluding hydrogens is 312 g/mol. The van der Waals surface area contributed by atoms with Gasteiger partial charge in [0.1, 0.15) is 0 Å². The minimum absolute atomic E-state index is 0.204. The molecule has 2 N–H and O–H groups in total. The number of anilines is 1. The second-order valence-corrected chi connectivity index (χ2v) is 7.39. The van der Waals surface area contributed by atoms with Crippen molar-refractivity contribution in [3.05, 3.63) is 48.3 Å². The highest BCUT2D eigenvalue weighted by Gasteiger charge is 2.18. The van der Waals surface area contributed by atoms with Crippen molar-refractivity contribution in [2.24, 2.45) is 0 Å². The SMILES string of the molecule is O=S(=O)(NNc1ncccn1)c1ccc(C2CCCCC2)cc1. The third kappa shape index (κ3) is 4.05. The Hall–Kier alpha value is -1.99. The zero-order valence-corrected chi connectivity index (χ0v) is 13.6. The van der Waals surface area contributed by atoms with Crippen molar-refractivity contribution < 1.29 is 8.42 Å². The molecular formula is C16H20N4O2S. The summed E-state index contributed by atoms with van der Waals surface area (Å²) < 4.78 is 24.5. The molecule has 122 valence electrons. The number of benzene rings is 1. The Morgan fingerprint density at radius 3 is 2.26 bits per heavy atom. The van der Waals surface area contributed by atoms with Gasteiger partial charge >= 0.3 is 0 Å². The molecule has 6 nitrogen and oxygen atoms in total. The molecule has 1 heterocycles. The monoisotopic (exact) mass is 332 g/mol. The van der Waals surface area contributed by atoms with Crippen LogP contribution in [0.5, 0.6) is 0 Å². The Morgan fingerprint density at radius 1 is 0.957 bits per heavy atom. The van der Waals surface area contributed by atoms with Gasteiger partial charge in [-0.15, -0.1) is 4.83 Å². The first-order valence-electron chi connectivity index (χ1n) is 7.80. The largest absolute Gasteiger partial charge is 0.276 e. The van der Waals surface area contributed by atoms with Crippen molar-refractivity contribution in [3.8, 4) is 0 Å². The lowest BCUT2D eigenvalue weighted by atomic mass is 9.84. The molecule has 0 radical (unpaired) electrons. The number of hydrazine groups is 1. The summed E-state index contributed by atoms with van der Waals surface area (Å²) in [4.78, 5) is 10.3. The maximum atomic E-state index is 12.3. The van der Waals surface area contributed by atoms with Gasteiger partial charge < -0.3 is 0 Å². The summed E-state index contributed by atoms with van der Waals surface area (Å²) in [5, 5.41) is 0.